The van der Waals surface area contributed by atoms with E-state index in [1.165, 1.54) is 0 Å². The number of piperazine rings is 1. The highest BCUT2D eigenvalue weighted by Crippen LogP contribution is 2.37. The Morgan fingerprint density at radius 3 is 1.97 bits per heavy atom. The molecule has 0 atom stereocenters. The van der Waals surface area contributed by atoms with Crippen molar-refractivity contribution in [2.45, 2.75) is 19.3 Å². The molecule has 3 aromatic rings. The van der Waals surface area contributed by atoms with Crippen LogP contribution in [0.15, 0.2) is 72.8 Å². The summed E-state index contributed by atoms with van der Waals surface area (Å²) in [7, 11) is 0. The summed E-state index contributed by atoms with van der Waals surface area (Å²) in [5.74, 6) is -0.0634. The summed E-state index contributed by atoms with van der Waals surface area (Å²) in [6.45, 7) is 5.83. The van der Waals surface area contributed by atoms with Crippen LogP contribution in [-0.2, 0) is 10.2 Å². The van der Waals surface area contributed by atoms with Gasteiger partial charge in [0.15, 0.2) is 5.78 Å². The fourth-order valence-corrected chi connectivity index (χ4v) is 4.83. The molecule has 5 heteroatoms. The van der Waals surface area contributed by atoms with Crippen molar-refractivity contribution in [3.05, 3.63) is 95.1 Å². The lowest BCUT2D eigenvalue weighted by Crippen LogP contribution is -2.54. The molecule has 0 radical (unpaired) electrons. The van der Waals surface area contributed by atoms with E-state index in [4.69, 9.17) is 0 Å². The SMILES string of the molecule is CC(C)(C(=O)N1CCN(C(=O)c2ccc3c(c2)C(=O)c2ccccc2-3)CC1)c1ccccc1. The summed E-state index contributed by atoms with van der Waals surface area (Å²) in [5.41, 5.74) is 3.95. The molecule has 5 nitrogen and oxygen atoms in total. The molecule has 0 N–H and O–H groups in total. The van der Waals surface area contributed by atoms with Crippen LogP contribution in [0.2, 0.25) is 0 Å². The summed E-state index contributed by atoms with van der Waals surface area (Å²) < 4.78 is 0. The highest BCUT2D eigenvalue weighted by Gasteiger charge is 2.36. The smallest absolute Gasteiger partial charge is 0.253 e. The molecule has 3 aromatic carbocycles. The standard InChI is InChI=1S/C28H26N2O3/c1-28(2,20-8-4-3-5-9-20)27(33)30-16-14-29(15-17-30)26(32)19-12-13-22-21-10-6-7-11-23(21)25(31)24(22)18-19/h3-13,18H,14-17H2,1-2H3. The Bertz CT molecular complexity index is 1260. The monoisotopic (exact) mass is 438 g/mol. The molecule has 1 saturated heterocycles. The number of carbonyl (C=O) groups excluding carboxylic acids is 3. The lowest BCUT2D eigenvalue weighted by Gasteiger charge is -2.38. The maximum Gasteiger partial charge on any atom is 0.253 e. The van der Waals surface area contributed by atoms with Gasteiger partial charge in [0.25, 0.3) is 5.91 Å². The molecule has 0 unspecified atom stereocenters. The molecule has 0 aromatic heterocycles. The van der Waals surface area contributed by atoms with Gasteiger partial charge in [-0.2, -0.15) is 0 Å². The number of hydrogen-bond donors (Lipinski definition) is 0. The topological polar surface area (TPSA) is 57.7 Å². The number of benzene rings is 3. The fourth-order valence-electron chi connectivity index (χ4n) is 4.83. The van der Waals surface area contributed by atoms with Crippen LogP contribution in [0.25, 0.3) is 11.1 Å². The highest BCUT2D eigenvalue weighted by molar-refractivity contribution is 6.22. The third kappa shape index (κ3) is 3.54. The Hall–Kier alpha value is -3.73. The van der Waals surface area contributed by atoms with Gasteiger partial charge in [0.1, 0.15) is 0 Å². The number of rotatable bonds is 3. The van der Waals surface area contributed by atoms with Gasteiger partial charge in [-0.05, 0) is 42.7 Å². The second-order valence-electron chi connectivity index (χ2n) is 9.21. The lowest BCUT2D eigenvalue weighted by atomic mass is 9.83. The van der Waals surface area contributed by atoms with Crippen molar-refractivity contribution >= 4 is 17.6 Å². The zero-order chi connectivity index (χ0) is 23.2. The molecule has 166 valence electrons. The number of nitrogens with zero attached hydrogens (tertiary/aromatic N) is 2. The lowest BCUT2D eigenvalue weighted by molar-refractivity contribution is -0.137. The second kappa shape index (κ2) is 8.00. The number of ketones is 1. The van der Waals surface area contributed by atoms with E-state index < -0.39 is 5.41 Å². The Kier molecular flexibility index (Phi) is 5.12. The first-order valence-corrected chi connectivity index (χ1v) is 11.3. The van der Waals surface area contributed by atoms with E-state index in [-0.39, 0.29) is 17.6 Å². The average molecular weight is 439 g/mol. The molecule has 1 aliphatic heterocycles. The van der Waals surface area contributed by atoms with Crippen LogP contribution in [0, 0.1) is 0 Å². The first-order chi connectivity index (χ1) is 15.9. The van der Waals surface area contributed by atoms with Gasteiger partial charge in [0, 0.05) is 42.9 Å². The highest BCUT2D eigenvalue weighted by atomic mass is 16.2. The molecule has 2 amide bonds. The van der Waals surface area contributed by atoms with Crippen LogP contribution < -0.4 is 0 Å². The molecule has 0 saturated carbocycles. The Balaban J connectivity index is 1.28. The Labute approximate surface area is 193 Å². The van der Waals surface area contributed by atoms with Crippen molar-refractivity contribution in [1.82, 2.24) is 9.80 Å². The first-order valence-electron chi connectivity index (χ1n) is 11.3. The van der Waals surface area contributed by atoms with Gasteiger partial charge in [0.2, 0.25) is 5.91 Å². The molecule has 2 aliphatic rings. The van der Waals surface area contributed by atoms with E-state index in [2.05, 4.69) is 0 Å². The second-order valence-corrected chi connectivity index (χ2v) is 9.21. The molecule has 0 spiro atoms. The van der Waals surface area contributed by atoms with Gasteiger partial charge in [-0.15, -0.1) is 0 Å². The maximum absolute atomic E-state index is 13.2. The predicted molar refractivity (Wildman–Crippen MR) is 127 cm³/mol. The summed E-state index contributed by atoms with van der Waals surface area (Å²) in [4.78, 5) is 42.8. The normalized spacial score (nSPS) is 15.3. The van der Waals surface area contributed by atoms with Crippen molar-refractivity contribution in [1.29, 1.82) is 0 Å². The van der Waals surface area contributed by atoms with E-state index >= 15 is 0 Å². The molecular formula is C28H26N2O3. The quantitative estimate of drug-likeness (QED) is 0.483. The molecule has 0 bridgehead atoms. The van der Waals surface area contributed by atoms with Gasteiger partial charge in [0.05, 0.1) is 5.41 Å². The van der Waals surface area contributed by atoms with Crippen LogP contribution in [0.5, 0.6) is 0 Å². The molecule has 1 aliphatic carbocycles. The van der Waals surface area contributed by atoms with E-state index in [1.807, 2.05) is 79.4 Å². The molecule has 1 fully saturated rings. The summed E-state index contributed by atoms with van der Waals surface area (Å²) in [5, 5.41) is 0. The van der Waals surface area contributed by atoms with Gasteiger partial charge >= 0.3 is 0 Å². The first kappa shape index (κ1) is 21.1. The van der Waals surface area contributed by atoms with E-state index in [0.717, 1.165) is 16.7 Å². The average Bonchev–Trinajstić information content (AvgIpc) is 3.15. The Morgan fingerprint density at radius 2 is 1.27 bits per heavy atom. The Morgan fingerprint density at radius 1 is 0.697 bits per heavy atom. The minimum absolute atomic E-state index is 0.0335. The molecular weight excluding hydrogens is 412 g/mol. The molecule has 5 rings (SSSR count). The summed E-state index contributed by atoms with van der Waals surface area (Å²) >= 11 is 0. The fraction of sp³-hybridized carbons (Fsp3) is 0.250. The van der Waals surface area contributed by atoms with Crippen molar-refractivity contribution in [3.63, 3.8) is 0 Å². The third-order valence-corrected chi connectivity index (χ3v) is 6.86. The third-order valence-electron chi connectivity index (χ3n) is 6.86. The number of amides is 2. The van der Waals surface area contributed by atoms with E-state index in [1.54, 1.807) is 17.0 Å². The van der Waals surface area contributed by atoms with Crippen LogP contribution in [0.1, 0.15) is 45.7 Å². The maximum atomic E-state index is 13.2. The number of hydrogen-bond acceptors (Lipinski definition) is 3. The van der Waals surface area contributed by atoms with Crippen molar-refractivity contribution in [2.24, 2.45) is 0 Å². The van der Waals surface area contributed by atoms with Gasteiger partial charge in [-0.3, -0.25) is 14.4 Å². The predicted octanol–water partition coefficient (Wildman–Crippen LogP) is 4.16. The van der Waals surface area contributed by atoms with Crippen LogP contribution in [0.3, 0.4) is 0 Å². The molecule has 33 heavy (non-hydrogen) atoms. The van der Waals surface area contributed by atoms with Crippen LogP contribution in [0.4, 0.5) is 0 Å². The molecule has 1 heterocycles. The van der Waals surface area contributed by atoms with Crippen molar-refractivity contribution < 1.29 is 14.4 Å². The van der Waals surface area contributed by atoms with Gasteiger partial charge in [-0.1, -0.05) is 60.7 Å². The zero-order valence-electron chi connectivity index (χ0n) is 18.9. The number of carbonyl (C=O) groups is 3. The van der Waals surface area contributed by atoms with Crippen LogP contribution >= 0.6 is 0 Å². The minimum Gasteiger partial charge on any atom is -0.338 e. The van der Waals surface area contributed by atoms with E-state index in [0.29, 0.717) is 42.9 Å². The number of fused-ring (bicyclic) bond motifs is 3. The van der Waals surface area contributed by atoms with Crippen LogP contribution in [-0.4, -0.2) is 53.6 Å². The zero-order valence-corrected chi connectivity index (χ0v) is 18.9. The van der Waals surface area contributed by atoms with E-state index in [9.17, 15) is 14.4 Å². The van der Waals surface area contributed by atoms with Gasteiger partial charge in [-0.25, -0.2) is 0 Å². The summed E-state index contributed by atoms with van der Waals surface area (Å²) in [6.07, 6.45) is 0. The van der Waals surface area contributed by atoms with Crippen molar-refractivity contribution in [2.75, 3.05) is 26.2 Å². The van der Waals surface area contributed by atoms with Crippen molar-refractivity contribution in [3.8, 4) is 11.1 Å². The summed E-state index contributed by atoms with van der Waals surface area (Å²) in [6, 6.07) is 22.7. The minimum atomic E-state index is -0.622. The van der Waals surface area contributed by atoms with Gasteiger partial charge < -0.3 is 9.80 Å². The largest absolute Gasteiger partial charge is 0.338 e.